The molecule has 0 aliphatic carbocycles. The van der Waals surface area contributed by atoms with E-state index >= 15 is 0 Å². The Morgan fingerprint density at radius 3 is 2.90 bits per heavy atom. The van der Waals surface area contributed by atoms with E-state index in [1.807, 2.05) is 12.1 Å². The summed E-state index contributed by atoms with van der Waals surface area (Å²) in [6.07, 6.45) is 9.39. The van der Waals surface area contributed by atoms with Gasteiger partial charge in [0.2, 0.25) is 0 Å². The Bertz CT molecular complexity index is 778. The minimum atomic E-state index is 0.588. The fourth-order valence-electron chi connectivity index (χ4n) is 2.36. The topological polar surface area (TPSA) is 46.3 Å². The summed E-state index contributed by atoms with van der Waals surface area (Å²) in [7, 11) is 0. The van der Waals surface area contributed by atoms with Gasteiger partial charge in [-0.2, -0.15) is 5.10 Å². The van der Waals surface area contributed by atoms with Crippen LogP contribution < -0.4 is 4.90 Å². The number of nitrogens with zero attached hydrogens (tertiary/aromatic N) is 5. The molecule has 4 heterocycles. The Hall–Kier alpha value is -2.14. The van der Waals surface area contributed by atoms with E-state index in [2.05, 4.69) is 26.2 Å². The van der Waals surface area contributed by atoms with Gasteiger partial charge in [0.05, 0.1) is 16.9 Å². The molecule has 0 unspecified atom stereocenters. The van der Waals surface area contributed by atoms with Crippen LogP contribution in [-0.2, 0) is 0 Å². The quantitative estimate of drug-likeness (QED) is 0.725. The summed E-state index contributed by atoms with van der Waals surface area (Å²) in [5.74, 6) is 0. The van der Waals surface area contributed by atoms with Crippen LogP contribution in [0.1, 0.15) is 6.42 Å². The standard InChI is InChI=1S/C14H11ClN5/c15-11-6-10(7-16-8-11)13-9-17-14-12(19-4-1-5-19)2-3-18-20(13)14/h2-3,6-8H,1,4-5H2. The summed E-state index contributed by atoms with van der Waals surface area (Å²) < 4.78 is 1.79. The van der Waals surface area contributed by atoms with Crippen molar-refractivity contribution in [3.63, 3.8) is 0 Å². The summed E-state index contributed by atoms with van der Waals surface area (Å²) in [6.45, 7) is 2.14. The van der Waals surface area contributed by atoms with Crippen molar-refractivity contribution >= 4 is 22.9 Å². The van der Waals surface area contributed by atoms with Gasteiger partial charge in [-0.05, 0) is 18.6 Å². The van der Waals surface area contributed by atoms with Crippen molar-refractivity contribution in [2.45, 2.75) is 6.42 Å². The molecule has 3 aromatic heterocycles. The predicted octanol–water partition coefficient (Wildman–Crippen LogP) is 2.45. The first-order valence-corrected chi connectivity index (χ1v) is 6.82. The molecule has 0 spiro atoms. The molecule has 99 valence electrons. The van der Waals surface area contributed by atoms with Crippen LogP contribution in [0, 0.1) is 6.20 Å². The summed E-state index contributed by atoms with van der Waals surface area (Å²) >= 11 is 5.99. The molecule has 1 radical (unpaired) electrons. The maximum atomic E-state index is 5.99. The van der Waals surface area contributed by atoms with Crippen molar-refractivity contribution in [3.05, 3.63) is 41.9 Å². The minimum Gasteiger partial charge on any atom is -0.368 e. The fourth-order valence-corrected chi connectivity index (χ4v) is 2.54. The second-order valence-corrected chi connectivity index (χ2v) is 5.19. The number of hydrogen-bond donors (Lipinski definition) is 0. The molecule has 1 aliphatic rings. The van der Waals surface area contributed by atoms with E-state index < -0.39 is 0 Å². The number of fused-ring (bicyclic) bond motifs is 1. The summed E-state index contributed by atoms with van der Waals surface area (Å²) in [5, 5.41) is 4.96. The van der Waals surface area contributed by atoms with Gasteiger partial charge < -0.3 is 4.90 Å². The normalized spacial score (nSPS) is 14.6. The van der Waals surface area contributed by atoms with E-state index in [4.69, 9.17) is 11.6 Å². The number of imidazole rings is 1. The van der Waals surface area contributed by atoms with E-state index in [-0.39, 0.29) is 0 Å². The Balaban J connectivity index is 1.89. The largest absolute Gasteiger partial charge is 0.368 e. The molecule has 0 aromatic carbocycles. The summed E-state index contributed by atoms with van der Waals surface area (Å²) in [4.78, 5) is 10.8. The average molecular weight is 285 g/mol. The van der Waals surface area contributed by atoms with Gasteiger partial charge in [-0.25, -0.2) is 9.50 Å². The van der Waals surface area contributed by atoms with E-state index in [0.29, 0.717) is 5.02 Å². The minimum absolute atomic E-state index is 0.588. The zero-order valence-corrected chi connectivity index (χ0v) is 11.4. The number of halogens is 1. The second-order valence-electron chi connectivity index (χ2n) is 4.76. The van der Waals surface area contributed by atoms with Crippen LogP contribution in [-0.4, -0.2) is 32.7 Å². The summed E-state index contributed by atoms with van der Waals surface area (Å²) in [5.41, 5.74) is 3.56. The average Bonchev–Trinajstić information content (AvgIpc) is 2.81. The zero-order chi connectivity index (χ0) is 13.5. The number of anilines is 1. The molecule has 4 rings (SSSR count). The number of pyridine rings is 1. The monoisotopic (exact) mass is 284 g/mol. The van der Waals surface area contributed by atoms with Gasteiger partial charge in [0, 0.05) is 31.0 Å². The number of rotatable bonds is 2. The first-order valence-electron chi connectivity index (χ1n) is 6.44. The third kappa shape index (κ3) is 1.74. The third-order valence-electron chi connectivity index (χ3n) is 3.50. The number of aromatic nitrogens is 4. The predicted molar refractivity (Wildman–Crippen MR) is 76.9 cm³/mol. The van der Waals surface area contributed by atoms with Crippen LogP contribution in [0.2, 0.25) is 5.02 Å². The Morgan fingerprint density at radius 1 is 1.25 bits per heavy atom. The maximum absolute atomic E-state index is 5.99. The van der Waals surface area contributed by atoms with Crippen molar-refractivity contribution < 1.29 is 0 Å². The molecule has 5 nitrogen and oxygen atoms in total. The van der Waals surface area contributed by atoms with E-state index in [1.165, 1.54) is 6.42 Å². The number of hydrogen-bond acceptors (Lipinski definition) is 4. The van der Waals surface area contributed by atoms with Crippen LogP contribution in [0.4, 0.5) is 5.69 Å². The Labute approximate surface area is 120 Å². The van der Waals surface area contributed by atoms with Gasteiger partial charge in [0.15, 0.2) is 5.65 Å². The molecule has 0 amide bonds. The van der Waals surface area contributed by atoms with Crippen LogP contribution in [0.5, 0.6) is 0 Å². The van der Waals surface area contributed by atoms with Gasteiger partial charge in [-0.1, -0.05) is 11.6 Å². The molecule has 3 aromatic rings. The maximum Gasteiger partial charge on any atom is 0.178 e. The van der Waals surface area contributed by atoms with Crippen molar-refractivity contribution in [1.82, 2.24) is 19.6 Å². The molecule has 0 bridgehead atoms. The van der Waals surface area contributed by atoms with Crippen molar-refractivity contribution in [1.29, 1.82) is 0 Å². The smallest absolute Gasteiger partial charge is 0.178 e. The lowest BCUT2D eigenvalue weighted by Crippen LogP contribution is -2.37. The fraction of sp³-hybridized carbons (Fsp3) is 0.214. The van der Waals surface area contributed by atoms with Gasteiger partial charge >= 0.3 is 0 Å². The van der Waals surface area contributed by atoms with Gasteiger partial charge in [-0.15, -0.1) is 0 Å². The third-order valence-corrected chi connectivity index (χ3v) is 3.71. The molecule has 1 fully saturated rings. The molecule has 0 atom stereocenters. The molecule has 0 N–H and O–H groups in total. The van der Waals surface area contributed by atoms with Gasteiger partial charge in [0.25, 0.3) is 0 Å². The molecule has 1 saturated heterocycles. The lowest BCUT2D eigenvalue weighted by molar-refractivity contribution is 0.617. The highest BCUT2D eigenvalue weighted by Crippen LogP contribution is 2.28. The summed E-state index contributed by atoms with van der Waals surface area (Å²) in [6, 6.07) is 3.84. The highest BCUT2D eigenvalue weighted by Gasteiger charge is 2.19. The van der Waals surface area contributed by atoms with Gasteiger partial charge in [-0.3, -0.25) is 4.98 Å². The molecule has 0 saturated carbocycles. The molecule has 6 heteroatoms. The van der Waals surface area contributed by atoms with Crippen LogP contribution in [0.25, 0.3) is 16.9 Å². The SMILES string of the molecule is Clc1cncc(-c2[c]nc3c(N4CCC4)ccnn23)c1. The van der Waals surface area contributed by atoms with Crippen LogP contribution in [0.15, 0.2) is 30.7 Å². The van der Waals surface area contributed by atoms with Gasteiger partial charge in [0.1, 0.15) is 11.9 Å². The van der Waals surface area contributed by atoms with Crippen molar-refractivity contribution in [2.24, 2.45) is 0 Å². The molecule has 20 heavy (non-hydrogen) atoms. The molecular weight excluding hydrogens is 274 g/mol. The lowest BCUT2D eigenvalue weighted by atomic mass is 10.2. The molecular formula is C14H11ClN5. The van der Waals surface area contributed by atoms with Crippen molar-refractivity contribution in [2.75, 3.05) is 18.0 Å². The van der Waals surface area contributed by atoms with Crippen LogP contribution >= 0.6 is 11.6 Å². The van der Waals surface area contributed by atoms with Crippen molar-refractivity contribution in [3.8, 4) is 11.3 Å². The second kappa shape index (κ2) is 4.45. The lowest BCUT2D eigenvalue weighted by Gasteiger charge is -2.32. The highest BCUT2D eigenvalue weighted by molar-refractivity contribution is 6.30. The van der Waals surface area contributed by atoms with E-state index in [9.17, 15) is 0 Å². The first kappa shape index (κ1) is 11.7. The van der Waals surface area contributed by atoms with E-state index in [0.717, 1.165) is 35.7 Å². The highest BCUT2D eigenvalue weighted by atomic mass is 35.5. The van der Waals surface area contributed by atoms with E-state index in [1.54, 1.807) is 23.1 Å². The first-order chi connectivity index (χ1) is 9.83. The zero-order valence-electron chi connectivity index (χ0n) is 10.6. The Morgan fingerprint density at radius 2 is 2.15 bits per heavy atom. The Kier molecular flexibility index (Phi) is 2.60. The molecule has 1 aliphatic heterocycles. The van der Waals surface area contributed by atoms with Crippen LogP contribution in [0.3, 0.4) is 0 Å².